The molecule has 0 N–H and O–H groups in total. The number of esters is 1. The van der Waals surface area contributed by atoms with Gasteiger partial charge < -0.3 is 9.47 Å². The van der Waals surface area contributed by atoms with Gasteiger partial charge in [0.1, 0.15) is 11.9 Å². The van der Waals surface area contributed by atoms with E-state index in [0.29, 0.717) is 11.0 Å². The van der Waals surface area contributed by atoms with Crippen molar-refractivity contribution in [3.63, 3.8) is 0 Å². The lowest BCUT2D eigenvalue weighted by atomic mass is 9.47. The summed E-state index contributed by atoms with van der Waals surface area (Å²) in [6.45, 7) is 15.6. The monoisotopic (exact) mass is 647 g/mol. The molecule has 47 heavy (non-hydrogen) atoms. The van der Waals surface area contributed by atoms with Crippen molar-refractivity contribution >= 4 is 5.97 Å². The van der Waals surface area contributed by atoms with Gasteiger partial charge in [0, 0.05) is 6.42 Å². The van der Waals surface area contributed by atoms with E-state index in [4.69, 9.17) is 9.47 Å². The van der Waals surface area contributed by atoms with E-state index in [1.165, 1.54) is 96.3 Å². The molecule has 5 rings (SSSR count). The maximum atomic E-state index is 13.2. The van der Waals surface area contributed by atoms with Gasteiger partial charge in [-0.1, -0.05) is 117 Å². The second kappa shape index (κ2) is 16.8. The Morgan fingerprint density at radius 3 is 2.28 bits per heavy atom. The summed E-state index contributed by atoms with van der Waals surface area (Å²) in [6.07, 6.45) is 27.2. The Hall–Kier alpha value is -1.77. The molecule has 0 unspecified atom stereocenters. The fraction of sp³-hybridized carbons (Fsp3) is 0.795. The van der Waals surface area contributed by atoms with E-state index in [1.54, 1.807) is 5.57 Å². The Balaban J connectivity index is 1.09. The van der Waals surface area contributed by atoms with Crippen molar-refractivity contribution in [2.45, 2.75) is 170 Å². The first-order valence-corrected chi connectivity index (χ1v) is 20.3. The first kappa shape index (κ1) is 36.5. The number of allylic oxidation sites excluding steroid dienone is 1. The lowest BCUT2D eigenvalue weighted by Crippen LogP contribution is -2.51. The van der Waals surface area contributed by atoms with Crippen LogP contribution in [0.1, 0.15) is 174 Å². The van der Waals surface area contributed by atoms with Crippen LogP contribution in [0.4, 0.5) is 0 Å². The van der Waals surface area contributed by atoms with Gasteiger partial charge in [-0.15, -0.1) is 0 Å². The molecule has 0 heterocycles. The first-order valence-electron chi connectivity index (χ1n) is 20.3. The predicted molar refractivity (Wildman–Crippen MR) is 197 cm³/mol. The average Bonchev–Trinajstić information content (AvgIpc) is 3.41. The summed E-state index contributed by atoms with van der Waals surface area (Å²) in [6, 6.07) is 7.61. The second-order valence-electron chi connectivity index (χ2n) is 17.4. The summed E-state index contributed by atoms with van der Waals surface area (Å²) in [4.78, 5) is 13.2. The molecule has 4 aliphatic carbocycles. The number of fused-ring (bicyclic) bond motifs is 5. The van der Waals surface area contributed by atoms with Crippen LogP contribution in [-0.4, -0.2) is 18.7 Å². The summed E-state index contributed by atoms with van der Waals surface area (Å²) >= 11 is 0. The third-order valence-electron chi connectivity index (χ3n) is 13.9. The second-order valence-corrected chi connectivity index (χ2v) is 17.4. The molecular weight excluding hydrogens is 576 g/mol. The normalized spacial score (nSPS) is 32.2. The quantitative estimate of drug-likeness (QED) is 0.0959. The third kappa shape index (κ3) is 8.70. The summed E-state index contributed by atoms with van der Waals surface area (Å²) in [5.41, 5.74) is 3.03. The van der Waals surface area contributed by atoms with Crippen LogP contribution in [-0.2, 0) is 4.74 Å². The van der Waals surface area contributed by atoms with Crippen molar-refractivity contribution < 1.29 is 14.3 Å². The summed E-state index contributed by atoms with van der Waals surface area (Å²) in [5, 5.41) is 0. The van der Waals surface area contributed by atoms with Crippen molar-refractivity contribution in [2.24, 2.45) is 46.3 Å². The van der Waals surface area contributed by atoms with Crippen molar-refractivity contribution in [1.82, 2.24) is 0 Å². The molecule has 3 fully saturated rings. The van der Waals surface area contributed by atoms with E-state index >= 15 is 0 Å². The predicted octanol–water partition coefficient (Wildman–Crippen LogP) is 12.8. The highest BCUT2D eigenvalue weighted by Crippen LogP contribution is 2.67. The first-order chi connectivity index (χ1) is 22.7. The highest BCUT2D eigenvalue weighted by molar-refractivity contribution is 5.89. The molecule has 8 atom stereocenters. The average molecular weight is 647 g/mol. The molecular formula is C44H70O3. The molecule has 4 aliphatic rings. The number of hydrogen-bond acceptors (Lipinski definition) is 3. The number of carbonyl (C=O) groups is 1. The SMILES string of the molecule is CCCCCCCCCCOc1ccc(C(=O)O[C@@H]2CC[C@@]3(C)C(=CC[C@H]4[C@@H]5CC[C@H]([C@H](C)CCCC(C)C)[C@@]5(C)CC[C@@H]43)C2)cc1. The van der Waals surface area contributed by atoms with E-state index in [1.807, 2.05) is 24.3 Å². The Morgan fingerprint density at radius 1 is 0.830 bits per heavy atom. The van der Waals surface area contributed by atoms with E-state index in [0.717, 1.165) is 73.5 Å². The number of carbonyl (C=O) groups excluding carboxylic acids is 1. The molecule has 0 bridgehead atoms. The summed E-state index contributed by atoms with van der Waals surface area (Å²) < 4.78 is 12.1. The standard InChI is InChI=1S/C44H70O3/c1-7-8-9-10-11-12-13-14-30-46-36-21-18-34(19-22-36)42(45)47-37-26-28-43(5)35(31-37)20-23-38-40-25-24-39(33(4)17-15-16-32(2)3)44(40,6)29-27-41(38)43/h18-22,32-33,37-41H,7-17,23-31H2,1-6H3/t33-,37-,38+,39-,40+,41+,43+,44-/m1/s1. The van der Waals surface area contributed by atoms with E-state index in [-0.39, 0.29) is 17.5 Å². The number of ether oxygens (including phenoxy) is 2. The minimum atomic E-state index is -0.185. The number of unbranched alkanes of at least 4 members (excludes halogenated alkanes) is 7. The topological polar surface area (TPSA) is 35.5 Å². The Kier molecular flexibility index (Phi) is 13.0. The molecule has 0 saturated heterocycles. The van der Waals surface area contributed by atoms with Gasteiger partial charge in [0.2, 0.25) is 0 Å². The van der Waals surface area contributed by atoms with Crippen LogP contribution in [0.2, 0.25) is 0 Å². The van der Waals surface area contributed by atoms with Crippen LogP contribution >= 0.6 is 0 Å². The minimum Gasteiger partial charge on any atom is -0.494 e. The van der Waals surface area contributed by atoms with Gasteiger partial charge >= 0.3 is 5.97 Å². The number of hydrogen-bond donors (Lipinski definition) is 0. The van der Waals surface area contributed by atoms with Crippen LogP contribution in [0.15, 0.2) is 35.9 Å². The maximum Gasteiger partial charge on any atom is 0.338 e. The van der Waals surface area contributed by atoms with Crippen LogP contribution in [0.5, 0.6) is 5.75 Å². The molecule has 0 amide bonds. The Bertz CT molecular complexity index is 1150. The lowest BCUT2D eigenvalue weighted by molar-refractivity contribution is -0.0594. The zero-order valence-electron chi connectivity index (χ0n) is 31.3. The third-order valence-corrected chi connectivity index (χ3v) is 13.9. The molecule has 1 aromatic carbocycles. The molecule has 0 spiro atoms. The molecule has 3 nitrogen and oxygen atoms in total. The lowest BCUT2D eigenvalue weighted by Gasteiger charge is -2.58. The molecule has 0 aliphatic heterocycles. The smallest absolute Gasteiger partial charge is 0.338 e. The van der Waals surface area contributed by atoms with E-state index < -0.39 is 0 Å². The summed E-state index contributed by atoms with van der Waals surface area (Å²) in [7, 11) is 0. The number of rotatable bonds is 17. The van der Waals surface area contributed by atoms with Crippen molar-refractivity contribution in [2.75, 3.05) is 6.61 Å². The van der Waals surface area contributed by atoms with Crippen molar-refractivity contribution in [3.8, 4) is 5.75 Å². The molecule has 264 valence electrons. The molecule has 0 radical (unpaired) electrons. The maximum absolute atomic E-state index is 13.2. The van der Waals surface area contributed by atoms with Gasteiger partial charge in [-0.2, -0.15) is 0 Å². The van der Waals surface area contributed by atoms with E-state index in [9.17, 15) is 4.79 Å². The van der Waals surface area contributed by atoms with Crippen LogP contribution in [0.25, 0.3) is 0 Å². The van der Waals surface area contributed by atoms with Gasteiger partial charge in [0.05, 0.1) is 12.2 Å². The largest absolute Gasteiger partial charge is 0.494 e. The van der Waals surface area contributed by atoms with Gasteiger partial charge in [-0.3, -0.25) is 0 Å². The van der Waals surface area contributed by atoms with Crippen molar-refractivity contribution in [1.29, 1.82) is 0 Å². The summed E-state index contributed by atoms with van der Waals surface area (Å²) in [5.74, 6) is 5.78. The van der Waals surface area contributed by atoms with Crippen LogP contribution in [0, 0.1) is 46.3 Å². The van der Waals surface area contributed by atoms with Gasteiger partial charge in [-0.25, -0.2) is 4.79 Å². The van der Waals surface area contributed by atoms with Crippen LogP contribution < -0.4 is 4.74 Å². The fourth-order valence-electron chi connectivity index (χ4n) is 11.1. The highest BCUT2D eigenvalue weighted by Gasteiger charge is 2.59. The zero-order chi connectivity index (χ0) is 33.4. The molecule has 0 aromatic heterocycles. The van der Waals surface area contributed by atoms with Gasteiger partial charge in [-0.05, 0) is 122 Å². The molecule has 3 heteroatoms. The van der Waals surface area contributed by atoms with Crippen LogP contribution in [0.3, 0.4) is 0 Å². The van der Waals surface area contributed by atoms with E-state index in [2.05, 4.69) is 47.6 Å². The Morgan fingerprint density at radius 2 is 1.55 bits per heavy atom. The van der Waals surface area contributed by atoms with Gasteiger partial charge in [0.15, 0.2) is 0 Å². The fourth-order valence-corrected chi connectivity index (χ4v) is 11.1. The number of benzene rings is 1. The molecule has 1 aromatic rings. The minimum absolute atomic E-state index is 0.00678. The molecule has 3 saturated carbocycles. The van der Waals surface area contributed by atoms with Crippen molar-refractivity contribution in [3.05, 3.63) is 41.5 Å². The Labute approximate surface area is 289 Å². The zero-order valence-corrected chi connectivity index (χ0v) is 31.3. The highest BCUT2D eigenvalue weighted by atomic mass is 16.5. The van der Waals surface area contributed by atoms with Gasteiger partial charge in [0.25, 0.3) is 0 Å².